The van der Waals surface area contributed by atoms with Crippen LogP contribution in [0.15, 0.2) is 12.3 Å². The van der Waals surface area contributed by atoms with E-state index in [0.29, 0.717) is 0 Å². The zero-order valence-electron chi connectivity index (χ0n) is 9.87. The van der Waals surface area contributed by atoms with Gasteiger partial charge in [0.05, 0.1) is 12.2 Å². The van der Waals surface area contributed by atoms with E-state index in [1.807, 2.05) is 12.3 Å². The monoisotopic (exact) mass is 206 g/mol. The molecule has 1 aliphatic heterocycles. The average molecular weight is 206 g/mol. The SMILES string of the molecule is CN1CCOc2ccnc(C(C)(C)C)c21. The van der Waals surface area contributed by atoms with Crippen molar-refractivity contribution in [2.45, 2.75) is 26.2 Å². The number of ether oxygens (including phenoxy) is 1. The number of hydrogen-bond donors (Lipinski definition) is 0. The van der Waals surface area contributed by atoms with Gasteiger partial charge in [-0.15, -0.1) is 0 Å². The first kappa shape index (κ1) is 10.3. The van der Waals surface area contributed by atoms with Gasteiger partial charge in [-0.05, 0) is 0 Å². The molecule has 0 fully saturated rings. The number of rotatable bonds is 0. The van der Waals surface area contributed by atoms with Crippen LogP contribution in [0.25, 0.3) is 0 Å². The Morgan fingerprint density at radius 2 is 2.13 bits per heavy atom. The maximum Gasteiger partial charge on any atom is 0.146 e. The van der Waals surface area contributed by atoms with Gasteiger partial charge in [0.25, 0.3) is 0 Å². The van der Waals surface area contributed by atoms with Crippen LogP contribution in [-0.2, 0) is 5.41 Å². The van der Waals surface area contributed by atoms with E-state index in [0.717, 1.165) is 30.3 Å². The van der Waals surface area contributed by atoms with Gasteiger partial charge in [0.1, 0.15) is 18.0 Å². The maximum absolute atomic E-state index is 5.65. The van der Waals surface area contributed by atoms with Gasteiger partial charge in [-0.25, -0.2) is 0 Å². The average Bonchev–Trinajstić information content (AvgIpc) is 2.16. The lowest BCUT2D eigenvalue weighted by Crippen LogP contribution is -2.32. The second-order valence-electron chi connectivity index (χ2n) is 5.03. The molecule has 1 aromatic rings. The van der Waals surface area contributed by atoms with Gasteiger partial charge in [-0.1, -0.05) is 20.8 Å². The molecule has 0 bridgehead atoms. The zero-order chi connectivity index (χ0) is 11.1. The number of nitrogens with zero attached hydrogens (tertiary/aromatic N) is 2. The number of likely N-dealkylation sites (N-methyl/N-ethyl adjacent to an activating group) is 1. The smallest absolute Gasteiger partial charge is 0.146 e. The summed E-state index contributed by atoms with van der Waals surface area (Å²) in [5.74, 6) is 0.962. The maximum atomic E-state index is 5.65. The molecule has 1 aromatic heterocycles. The zero-order valence-corrected chi connectivity index (χ0v) is 9.87. The molecule has 0 radical (unpaired) electrons. The molecule has 0 N–H and O–H groups in total. The number of fused-ring (bicyclic) bond motifs is 1. The fourth-order valence-electron chi connectivity index (χ4n) is 1.87. The molecule has 1 aliphatic rings. The van der Waals surface area contributed by atoms with E-state index >= 15 is 0 Å². The van der Waals surface area contributed by atoms with Crippen LogP contribution in [0.5, 0.6) is 5.75 Å². The minimum absolute atomic E-state index is 0.0559. The normalized spacial score (nSPS) is 15.9. The van der Waals surface area contributed by atoms with Crippen LogP contribution in [0.2, 0.25) is 0 Å². The van der Waals surface area contributed by atoms with E-state index in [4.69, 9.17) is 4.74 Å². The minimum Gasteiger partial charge on any atom is -0.489 e. The van der Waals surface area contributed by atoms with Gasteiger partial charge in [0.15, 0.2) is 0 Å². The highest BCUT2D eigenvalue weighted by Crippen LogP contribution is 2.38. The van der Waals surface area contributed by atoms with Crippen LogP contribution in [0.3, 0.4) is 0 Å². The quantitative estimate of drug-likeness (QED) is 0.650. The van der Waals surface area contributed by atoms with Crippen molar-refractivity contribution >= 4 is 5.69 Å². The third-order valence-electron chi connectivity index (χ3n) is 2.66. The van der Waals surface area contributed by atoms with Gasteiger partial charge in [-0.2, -0.15) is 0 Å². The molecule has 15 heavy (non-hydrogen) atoms. The molecule has 0 saturated heterocycles. The number of anilines is 1. The molecule has 0 aliphatic carbocycles. The fourth-order valence-corrected chi connectivity index (χ4v) is 1.87. The van der Waals surface area contributed by atoms with Crippen molar-refractivity contribution in [2.24, 2.45) is 0 Å². The topological polar surface area (TPSA) is 25.4 Å². The Labute approximate surface area is 91.1 Å². The predicted octanol–water partition coefficient (Wildman–Crippen LogP) is 2.21. The lowest BCUT2D eigenvalue weighted by atomic mass is 9.89. The first-order chi connectivity index (χ1) is 7.00. The highest BCUT2D eigenvalue weighted by atomic mass is 16.5. The molecule has 3 nitrogen and oxygen atoms in total. The summed E-state index contributed by atoms with van der Waals surface area (Å²) in [7, 11) is 2.10. The van der Waals surface area contributed by atoms with Crippen LogP contribution in [0.1, 0.15) is 26.5 Å². The summed E-state index contributed by atoms with van der Waals surface area (Å²) in [5, 5.41) is 0. The van der Waals surface area contributed by atoms with Crippen molar-refractivity contribution in [1.82, 2.24) is 4.98 Å². The molecule has 0 saturated carbocycles. The van der Waals surface area contributed by atoms with Crippen molar-refractivity contribution in [3.05, 3.63) is 18.0 Å². The Balaban J connectivity index is 2.57. The van der Waals surface area contributed by atoms with Gasteiger partial charge in [-0.3, -0.25) is 4.98 Å². The first-order valence-electron chi connectivity index (χ1n) is 5.33. The Morgan fingerprint density at radius 3 is 2.80 bits per heavy atom. The summed E-state index contributed by atoms with van der Waals surface area (Å²) in [6.07, 6.45) is 1.83. The molecule has 2 rings (SSSR count). The van der Waals surface area contributed by atoms with Gasteiger partial charge in [0.2, 0.25) is 0 Å². The van der Waals surface area contributed by atoms with Crippen molar-refractivity contribution < 1.29 is 4.74 Å². The van der Waals surface area contributed by atoms with Crippen LogP contribution >= 0.6 is 0 Å². The first-order valence-corrected chi connectivity index (χ1v) is 5.33. The largest absolute Gasteiger partial charge is 0.489 e. The minimum atomic E-state index is 0.0559. The van der Waals surface area contributed by atoms with Crippen molar-refractivity contribution in [1.29, 1.82) is 0 Å². The summed E-state index contributed by atoms with van der Waals surface area (Å²) in [4.78, 5) is 6.72. The molecule has 0 amide bonds. The van der Waals surface area contributed by atoms with Crippen LogP contribution in [0, 0.1) is 0 Å². The van der Waals surface area contributed by atoms with E-state index in [9.17, 15) is 0 Å². The highest BCUT2D eigenvalue weighted by Gasteiger charge is 2.26. The molecule has 82 valence electrons. The summed E-state index contributed by atoms with van der Waals surface area (Å²) >= 11 is 0. The lowest BCUT2D eigenvalue weighted by molar-refractivity contribution is 0.308. The summed E-state index contributed by atoms with van der Waals surface area (Å²) in [5.41, 5.74) is 2.32. The fraction of sp³-hybridized carbons (Fsp3) is 0.583. The third kappa shape index (κ3) is 1.78. The molecular formula is C12H18N2O. The molecular weight excluding hydrogens is 188 g/mol. The van der Waals surface area contributed by atoms with Gasteiger partial charge < -0.3 is 9.64 Å². The summed E-state index contributed by atoms with van der Waals surface area (Å²) in [6.45, 7) is 8.23. The van der Waals surface area contributed by atoms with E-state index in [2.05, 4.69) is 37.7 Å². The van der Waals surface area contributed by atoms with Crippen LogP contribution in [-0.4, -0.2) is 25.2 Å². The van der Waals surface area contributed by atoms with Crippen LogP contribution < -0.4 is 9.64 Å². The molecule has 0 unspecified atom stereocenters. The third-order valence-corrected chi connectivity index (χ3v) is 2.66. The molecule has 0 atom stereocenters. The molecule has 3 heteroatoms. The second kappa shape index (κ2) is 3.40. The molecule has 0 aromatic carbocycles. The lowest BCUT2D eigenvalue weighted by Gasteiger charge is -2.32. The van der Waals surface area contributed by atoms with Crippen molar-refractivity contribution in [2.75, 3.05) is 25.1 Å². The van der Waals surface area contributed by atoms with E-state index in [-0.39, 0.29) is 5.41 Å². The summed E-state index contributed by atoms with van der Waals surface area (Å²) < 4.78 is 5.65. The Morgan fingerprint density at radius 1 is 1.40 bits per heavy atom. The summed E-state index contributed by atoms with van der Waals surface area (Å²) in [6, 6.07) is 1.94. The van der Waals surface area contributed by atoms with E-state index in [1.54, 1.807) is 0 Å². The van der Waals surface area contributed by atoms with Crippen LogP contribution in [0.4, 0.5) is 5.69 Å². The Kier molecular flexibility index (Phi) is 2.33. The van der Waals surface area contributed by atoms with Gasteiger partial charge >= 0.3 is 0 Å². The number of aromatic nitrogens is 1. The van der Waals surface area contributed by atoms with Gasteiger partial charge in [0, 0.05) is 24.7 Å². The molecule has 2 heterocycles. The number of hydrogen-bond acceptors (Lipinski definition) is 3. The van der Waals surface area contributed by atoms with Crippen molar-refractivity contribution in [3.63, 3.8) is 0 Å². The Bertz CT molecular complexity index is 368. The van der Waals surface area contributed by atoms with E-state index in [1.165, 1.54) is 0 Å². The highest BCUT2D eigenvalue weighted by molar-refractivity contribution is 5.63. The Hall–Kier alpha value is -1.25. The van der Waals surface area contributed by atoms with Crippen molar-refractivity contribution in [3.8, 4) is 5.75 Å². The molecule has 0 spiro atoms. The van der Waals surface area contributed by atoms with E-state index < -0.39 is 0 Å². The number of pyridine rings is 1. The second-order valence-corrected chi connectivity index (χ2v) is 5.03. The predicted molar refractivity (Wildman–Crippen MR) is 61.7 cm³/mol. The standard InChI is InChI=1S/C12H18N2O/c1-12(2,3)11-10-9(5-6-13-11)15-8-7-14(10)4/h5-6H,7-8H2,1-4H3.